The highest BCUT2D eigenvalue weighted by atomic mass is 32.1. The van der Waals surface area contributed by atoms with Crippen molar-refractivity contribution < 1.29 is 4.79 Å². The van der Waals surface area contributed by atoms with Gasteiger partial charge in [-0.2, -0.15) is 0 Å². The average Bonchev–Trinajstić information content (AvgIpc) is 3.05. The number of aromatic nitrogens is 2. The van der Waals surface area contributed by atoms with Crippen molar-refractivity contribution in [2.75, 3.05) is 11.9 Å². The number of carbonyl (C=O) groups is 1. The van der Waals surface area contributed by atoms with Crippen molar-refractivity contribution >= 4 is 33.0 Å². The van der Waals surface area contributed by atoms with Gasteiger partial charge in [-0.05, 0) is 31.0 Å². The van der Waals surface area contributed by atoms with E-state index in [4.69, 9.17) is 0 Å². The van der Waals surface area contributed by atoms with E-state index in [1.54, 1.807) is 6.08 Å². The van der Waals surface area contributed by atoms with Crippen LogP contribution in [0.4, 0.5) is 5.69 Å². The lowest BCUT2D eigenvalue weighted by Gasteiger charge is -2.24. The molecule has 0 saturated carbocycles. The Morgan fingerprint density at radius 3 is 2.68 bits per heavy atom. The standard InChI is InChI=1S/C22H23N3O2S/c1-13-14(2)28-20-19(13)21(27)25(12-23-20)11-15(26)10-18-22(3,4)16-8-6-7-9-17(16)24(18)5/h6-10,12H,11H2,1-5H3. The molecular formula is C22H23N3O2S. The highest BCUT2D eigenvalue weighted by Gasteiger charge is 2.38. The molecule has 3 heterocycles. The number of thiophene rings is 1. The molecule has 144 valence electrons. The summed E-state index contributed by atoms with van der Waals surface area (Å²) in [5.41, 5.74) is 3.77. The van der Waals surface area contributed by atoms with E-state index in [0.29, 0.717) is 5.39 Å². The fourth-order valence-corrected chi connectivity index (χ4v) is 4.99. The fourth-order valence-electron chi connectivity index (χ4n) is 4.01. The molecule has 1 aliphatic heterocycles. The van der Waals surface area contributed by atoms with E-state index in [1.165, 1.54) is 27.8 Å². The van der Waals surface area contributed by atoms with Gasteiger partial charge in [-0.1, -0.05) is 32.0 Å². The third-order valence-corrected chi connectivity index (χ3v) is 6.84. The molecule has 0 radical (unpaired) electrons. The number of fused-ring (bicyclic) bond motifs is 2. The fraction of sp³-hybridized carbons (Fsp3) is 0.318. The van der Waals surface area contributed by atoms with Crippen LogP contribution in [-0.4, -0.2) is 22.4 Å². The van der Waals surface area contributed by atoms with Crippen LogP contribution in [0, 0.1) is 13.8 Å². The van der Waals surface area contributed by atoms with Gasteiger partial charge in [0.25, 0.3) is 5.56 Å². The summed E-state index contributed by atoms with van der Waals surface area (Å²) in [5, 5.41) is 0.621. The molecule has 2 aromatic heterocycles. The first-order valence-corrected chi connectivity index (χ1v) is 10.1. The highest BCUT2D eigenvalue weighted by Crippen LogP contribution is 2.46. The molecule has 0 aliphatic carbocycles. The number of likely N-dealkylation sites (N-methyl/N-ethyl adjacent to an activating group) is 1. The van der Waals surface area contributed by atoms with Crippen molar-refractivity contribution in [3.8, 4) is 0 Å². The predicted octanol–water partition coefficient (Wildman–Crippen LogP) is 3.96. The molecule has 0 saturated heterocycles. The zero-order chi connectivity index (χ0) is 20.2. The van der Waals surface area contributed by atoms with Crippen LogP contribution in [0.2, 0.25) is 0 Å². The van der Waals surface area contributed by atoms with Gasteiger partial charge in [0.05, 0.1) is 18.3 Å². The minimum atomic E-state index is -0.269. The van der Waals surface area contributed by atoms with Crippen LogP contribution in [0.15, 0.2) is 47.2 Å². The normalized spacial score (nSPS) is 16.8. The van der Waals surface area contributed by atoms with Crippen LogP contribution in [0.1, 0.15) is 29.9 Å². The Kier molecular flexibility index (Phi) is 4.27. The Hall–Kier alpha value is -2.73. The van der Waals surface area contributed by atoms with Crippen molar-refractivity contribution in [1.29, 1.82) is 0 Å². The maximum Gasteiger partial charge on any atom is 0.262 e. The Morgan fingerprint density at radius 1 is 1.25 bits per heavy atom. The molecule has 0 amide bonds. The van der Waals surface area contributed by atoms with Crippen molar-refractivity contribution in [2.24, 2.45) is 0 Å². The SMILES string of the molecule is Cc1sc2ncn(CC(=O)C=C3N(C)c4ccccc4C3(C)C)c(=O)c2c1C. The van der Waals surface area contributed by atoms with E-state index in [0.717, 1.165) is 26.7 Å². The number of para-hydroxylation sites is 1. The number of allylic oxidation sites excluding steroid dienone is 2. The van der Waals surface area contributed by atoms with Crippen LogP contribution in [0.25, 0.3) is 10.2 Å². The molecule has 3 aromatic rings. The zero-order valence-electron chi connectivity index (χ0n) is 16.7. The van der Waals surface area contributed by atoms with Crippen LogP contribution >= 0.6 is 11.3 Å². The number of rotatable bonds is 3. The van der Waals surface area contributed by atoms with Crippen LogP contribution in [0.3, 0.4) is 0 Å². The second kappa shape index (κ2) is 6.41. The number of nitrogens with zero attached hydrogens (tertiary/aromatic N) is 3. The summed E-state index contributed by atoms with van der Waals surface area (Å²) in [5.74, 6) is -0.115. The Labute approximate surface area is 167 Å². The molecule has 5 nitrogen and oxygen atoms in total. The third-order valence-electron chi connectivity index (χ3n) is 5.72. The maximum atomic E-state index is 12.9. The molecule has 4 rings (SSSR count). The van der Waals surface area contributed by atoms with Crippen LogP contribution in [-0.2, 0) is 16.8 Å². The highest BCUT2D eigenvalue weighted by molar-refractivity contribution is 7.18. The summed E-state index contributed by atoms with van der Waals surface area (Å²) in [6.45, 7) is 8.13. The number of hydrogen-bond donors (Lipinski definition) is 0. The van der Waals surface area contributed by atoms with Gasteiger partial charge in [0, 0.05) is 34.8 Å². The lowest BCUT2D eigenvalue weighted by atomic mass is 9.83. The first-order chi connectivity index (χ1) is 13.2. The van der Waals surface area contributed by atoms with Gasteiger partial charge in [0.2, 0.25) is 0 Å². The zero-order valence-corrected chi connectivity index (χ0v) is 17.6. The Morgan fingerprint density at radius 2 is 1.96 bits per heavy atom. The van der Waals surface area contributed by atoms with E-state index in [-0.39, 0.29) is 23.3 Å². The van der Waals surface area contributed by atoms with E-state index in [1.807, 2.05) is 33.0 Å². The molecule has 0 fully saturated rings. The number of benzene rings is 1. The Bertz CT molecular complexity index is 1200. The second-order valence-electron chi connectivity index (χ2n) is 7.84. The number of ketones is 1. The average molecular weight is 394 g/mol. The molecule has 6 heteroatoms. The third kappa shape index (κ3) is 2.71. The predicted molar refractivity (Wildman–Crippen MR) is 114 cm³/mol. The van der Waals surface area contributed by atoms with Crippen LogP contribution in [0.5, 0.6) is 0 Å². The van der Waals surface area contributed by atoms with Crippen molar-refractivity contribution in [3.05, 3.63) is 68.7 Å². The molecule has 0 atom stereocenters. The number of aryl methyl sites for hydroxylation is 2. The van der Waals surface area contributed by atoms with Crippen LogP contribution < -0.4 is 10.5 Å². The maximum absolute atomic E-state index is 12.9. The van der Waals surface area contributed by atoms with Crippen molar-refractivity contribution in [1.82, 2.24) is 9.55 Å². The molecule has 0 bridgehead atoms. The van der Waals surface area contributed by atoms with Crippen molar-refractivity contribution in [3.63, 3.8) is 0 Å². The summed E-state index contributed by atoms with van der Waals surface area (Å²) in [6, 6.07) is 8.18. The summed E-state index contributed by atoms with van der Waals surface area (Å²) < 4.78 is 1.41. The molecular weight excluding hydrogens is 370 g/mol. The number of hydrogen-bond acceptors (Lipinski definition) is 5. The van der Waals surface area contributed by atoms with E-state index < -0.39 is 0 Å². The summed E-state index contributed by atoms with van der Waals surface area (Å²) in [6.07, 6.45) is 3.15. The number of carbonyl (C=O) groups excluding carboxylic acids is 1. The monoisotopic (exact) mass is 393 g/mol. The topological polar surface area (TPSA) is 55.2 Å². The lowest BCUT2D eigenvalue weighted by Crippen LogP contribution is -2.27. The van der Waals surface area contributed by atoms with Crippen molar-refractivity contribution in [2.45, 2.75) is 39.7 Å². The first kappa shape index (κ1) is 18.6. The Balaban J connectivity index is 1.69. The molecule has 0 spiro atoms. The van der Waals surface area contributed by atoms with Gasteiger partial charge >= 0.3 is 0 Å². The van der Waals surface area contributed by atoms with E-state index in [9.17, 15) is 9.59 Å². The van der Waals surface area contributed by atoms with Gasteiger partial charge in [-0.15, -0.1) is 11.3 Å². The van der Waals surface area contributed by atoms with E-state index in [2.05, 4.69) is 35.9 Å². The number of anilines is 1. The minimum absolute atomic E-state index is 0.0140. The summed E-state index contributed by atoms with van der Waals surface area (Å²) in [7, 11) is 1.98. The molecule has 28 heavy (non-hydrogen) atoms. The second-order valence-corrected chi connectivity index (χ2v) is 9.04. The quantitative estimate of drug-likeness (QED) is 0.632. The smallest absolute Gasteiger partial charge is 0.262 e. The summed E-state index contributed by atoms with van der Waals surface area (Å²) in [4.78, 5) is 33.9. The van der Waals surface area contributed by atoms with Gasteiger partial charge in [-0.25, -0.2) is 4.98 Å². The first-order valence-electron chi connectivity index (χ1n) is 9.25. The van der Waals surface area contributed by atoms with Gasteiger partial charge in [0.1, 0.15) is 4.83 Å². The van der Waals surface area contributed by atoms with Gasteiger partial charge in [0.15, 0.2) is 5.78 Å². The summed E-state index contributed by atoms with van der Waals surface area (Å²) >= 11 is 1.51. The largest absolute Gasteiger partial charge is 0.347 e. The minimum Gasteiger partial charge on any atom is -0.347 e. The van der Waals surface area contributed by atoms with Gasteiger partial charge in [-0.3, -0.25) is 14.2 Å². The molecule has 0 N–H and O–H groups in total. The molecule has 0 unspecified atom stereocenters. The lowest BCUT2D eigenvalue weighted by molar-refractivity contribution is -0.115. The molecule has 1 aliphatic rings. The van der Waals surface area contributed by atoms with E-state index >= 15 is 0 Å². The molecule has 1 aromatic carbocycles. The van der Waals surface area contributed by atoms with Gasteiger partial charge < -0.3 is 4.90 Å².